The van der Waals surface area contributed by atoms with Crippen LogP contribution < -0.4 is 10.1 Å². The van der Waals surface area contributed by atoms with Gasteiger partial charge in [-0.2, -0.15) is 11.8 Å². The zero-order valence-corrected chi connectivity index (χ0v) is 13.3. The Labute approximate surface area is 129 Å². The SMILES string of the molecule is CSCC[C@H](NC(=O)COc1ccc(C)cc1C)C(=O)O. The number of ether oxygens (including phenoxy) is 1. The molecule has 21 heavy (non-hydrogen) atoms. The minimum atomic E-state index is -1.02. The van der Waals surface area contributed by atoms with Gasteiger partial charge in [-0.25, -0.2) is 4.79 Å². The zero-order chi connectivity index (χ0) is 15.8. The van der Waals surface area contributed by atoms with Gasteiger partial charge in [0.15, 0.2) is 6.61 Å². The fourth-order valence-electron chi connectivity index (χ4n) is 1.83. The average molecular weight is 311 g/mol. The predicted molar refractivity (Wildman–Crippen MR) is 84.0 cm³/mol. The van der Waals surface area contributed by atoms with E-state index in [9.17, 15) is 9.59 Å². The molecule has 2 N–H and O–H groups in total. The molecule has 1 atom stereocenters. The maximum atomic E-state index is 11.8. The zero-order valence-electron chi connectivity index (χ0n) is 12.5. The molecule has 0 aliphatic carbocycles. The minimum absolute atomic E-state index is 0.188. The van der Waals surface area contributed by atoms with Crippen molar-refractivity contribution in [2.24, 2.45) is 0 Å². The van der Waals surface area contributed by atoms with Gasteiger partial charge in [0.1, 0.15) is 11.8 Å². The Morgan fingerprint density at radius 1 is 1.38 bits per heavy atom. The molecule has 1 aromatic carbocycles. The van der Waals surface area contributed by atoms with Crippen molar-refractivity contribution in [3.05, 3.63) is 29.3 Å². The molecule has 0 aliphatic heterocycles. The summed E-state index contributed by atoms with van der Waals surface area (Å²) in [6, 6.07) is 4.80. The highest BCUT2D eigenvalue weighted by molar-refractivity contribution is 7.98. The molecule has 5 nitrogen and oxygen atoms in total. The van der Waals surface area contributed by atoms with Crippen molar-refractivity contribution in [3.8, 4) is 5.75 Å². The average Bonchev–Trinajstić information content (AvgIpc) is 2.42. The quantitative estimate of drug-likeness (QED) is 0.768. The van der Waals surface area contributed by atoms with Crippen LogP contribution >= 0.6 is 11.8 Å². The van der Waals surface area contributed by atoms with Gasteiger partial charge < -0.3 is 15.2 Å². The molecule has 0 bridgehead atoms. The van der Waals surface area contributed by atoms with Crippen LogP contribution in [-0.4, -0.2) is 41.6 Å². The van der Waals surface area contributed by atoms with Crippen LogP contribution in [-0.2, 0) is 9.59 Å². The molecule has 1 aromatic rings. The molecule has 1 rings (SSSR count). The minimum Gasteiger partial charge on any atom is -0.484 e. The van der Waals surface area contributed by atoms with Crippen molar-refractivity contribution in [2.45, 2.75) is 26.3 Å². The van der Waals surface area contributed by atoms with Crippen molar-refractivity contribution in [2.75, 3.05) is 18.6 Å². The largest absolute Gasteiger partial charge is 0.484 e. The smallest absolute Gasteiger partial charge is 0.326 e. The van der Waals surface area contributed by atoms with E-state index in [1.54, 1.807) is 17.8 Å². The van der Waals surface area contributed by atoms with E-state index in [-0.39, 0.29) is 6.61 Å². The Bertz CT molecular complexity index is 504. The van der Waals surface area contributed by atoms with Crippen LogP contribution in [0.1, 0.15) is 17.5 Å². The molecular formula is C15H21NO4S. The first-order chi connectivity index (χ1) is 9.93. The Hall–Kier alpha value is -1.69. The fraction of sp³-hybridized carbons (Fsp3) is 0.467. The Morgan fingerprint density at radius 3 is 2.67 bits per heavy atom. The Kier molecular flexibility index (Phi) is 7.08. The fourth-order valence-corrected chi connectivity index (χ4v) is 2.31. The summed E-state index contributed by atoms with van der Waals surface area (Å²) in [7, 11) is 0. The maximum Gasteiger partial charge on any atom is 0.326 e. The van der Waals surface area contributed by atoms with E-state index in [4.69, 9.17) is 9.84 Å². The van der Waals surface area contributed by atoms with E-state index in [1.165, 1.54) is 0 Å². The first-order valence-corrected chi connectivity index (χ1v) is 8.04. The summed E-state index contributed by atoms with van der Waals surface area (Å²) in [6.45, 7) is 3.69. The second-order valence-electron chi connectivity index (χ2n) is 4.80. The second-order valence-corrected chi connectivity index (χ2v) is 5.78. The highest BCUT2D eigenvalue weighted by Gasteiger charge is 2.19. The lowest BCUT2D eigenvalue weighted by Crippen LogP contribution is -2.43. The van der Waals surface area contributed by atoms with E-state index < -0.39 is 17.9 Å². The molecule has 0 radical (unpaired) electrons. The number of aryl methyl sites for hydroxylation is 2. The first-order valence-electron chi connectivity index (χ1n) is 6.65. The van der Waals surface area contributed by atoms with Crippen LogP contribution in [0.15, 0.2) is 18.2 Å². The molecule has 0 spiro atoms. The third-order valence-electron chi connectivity index (χ3n) is 2.93. The van der Waals surface area contributed by atoms with Crippen LogP contribution in [0.4, 0.5) is 0 Å². The van der Waals surface area contributed by atoms with Crippen molar-refractivity contribution in [1.29, 1.82) is 0 Å². The molecule has 0 aliphatic rings. The summed E-state index contributed by atoms with van der Waals surface area (Å²) in [4.78, 5) is 22.8. The van der Waals surface area contributed by atoms with Gasteiger partial charge in [0, 0.05) is 0 Å². The molecule has 0 unspecified atom stereocenters. The van der Waals surface area contributed by atoms with E-state index in [0.717, 1.165) is 11.1 Å². The summed E-state index contributed by atoms with van der Waals surface area (Å²) in [6.07, 6.45) is 2.29. The third kappa shape index (κ3) is 6.08. The molecule has 1 amide bonds. The van der Waals surface area contributed by atoms with Gasteiger partial charge in [0.05, 0.1) is 0 Å². The van der Waals surface area contributed by atoms with Crippen molar-refractivity contribution < 1.29 is 19.4 Å². The number of hydrogen-bond acceptors (Lipinski definition) is 4. The standard InChI is InChI=1S/C15H21NO4S/c1-10-4-5-13(11(2)8-10)20-9-14(17)16-12(15(18)19)6-7-21-3/h4-5,8,12H,6-7,9H2,1-3H3,(H,16,17)(H,18,19)/t12-/m0/s1. The molecule has 6 heteroatoms. The van der Waals surface area contributed by atoms with E-state index in [1.807, 2.05) is 32.2 Å². The summed E-state index contributed by atoms with van der Waals surface area (Å²) in [5.74, 6) is -0.144. The van der Waals surface area contributed by atoms with Gasteiger partial charge in [0.2, 0.25) is 0 Å². The number of carboxylic acid groups (broad SMARTS) is 1. The highest BCUT2D eigenvalue weighted by Crippen LogP contribution is 2.18. The number of benzene rings is 1. The van der Waals surface area contributed by atoms with Crippen LogP contribution in [0.25, 0.3) is 0 Å². The number of carbonyl (C=O) groups is 2. The van der Waals surface area contributed by atoms with Crippen LogP contribution in [0, 0.1) is 13.8 Å². The van der Waals surface area contributed by atoms with Crippen LogP contribution in [0.5, 0.6) is 5.75 Å². The lowest BCUT2D eigenvalue weighted by molar-refractivity contribution is -0.142. The van der Waals surface area contributed by atoms with E-state index in [2.05, 4.69) is 5.32 Å². The summed E-state index contributed by atoms with van der Waals surface area (Å²) in [5, 5.41) is 11.5. The first kappa shape index (κ1) is 17.4. The van der Waals surface area contributed by atoms with Gasteiger partial charge in [-0.3, -0.25) is 4.79 Å². The number of aliphatic carboxylic acids is 1. The second kappa shape index (κ2) is 8.56. The molecule has 0 aromatic heterocycles. The highest BCUT2D eigenvalue weighted by atomic mass is 32.2. The lowest BCUT2D eigenvalue weighted by atomic mass is 10.1. The molecule has 0 saturated heterocycles. The monoisotopic (exact) mass is 311 g/mol. The number of rotatable bonds is 8. The maximum absolute atomic E-state index is 11.8. The third-order valence-corrected chi connectivity index (χ3v) is 3.58. The van der Waals surface area contributed by atoms with Crippen molar-refractivity contribution in [3.63, 3.8) is 0 Å². The summed E-state index contributed by atoms with van der Waals surface area (Å²) < 4.78 is 5.43. The van der Waals surface area contributed by atoms with E-state index in [0.29, 0.717) is 17.9 Å². The number of hydrogen-bond donors (Lipinski definition) is 2. The molecule has 0 saturated carbocycles. The van der Waals surface area contributed by atoms with E-state index >= 15 is 0 Å². The van der Waals surface area contributed by atoms with Gasteiger partial charge in [-0.15, -0.1) is 0 Å². The van der Waals surface area contributed by atoms with Crippen LogP contribution in [0.2, 0.25) is 0 Å². The topological polar surface area (TPSA) is 75.6 Å². The van der Waals surface area contributed by atoms with Crippen molar-refractivity contribution >= 4 is 23.6 Å². The molecule has 116 valence electrons. The summed E-state index contributed by atoms with van der Waals surface area (Å²) in [5.41, 5.74) is 2.06. The number of carboxylic acids is 1. The van der Waals surface area contributed by atoms with Gasteiger partial charge in [-0.05, 0) is 43.9 Å². The number of nitrogens with one attached hydrogen (secondary N) is 1. The van der Waals surface area contributed by atoms with Gasteiger partial charge >= 0.3 is 5.97 Å². The van der Waals surface area contributed by atoms with Gasteiger partial charge in [-0.1, -0.05) is 17.7 Å². The van der Waals surface area contributed by atoms with Crippen molar-refractivity contribution in [1.82, 2.24) is 5.32 Å². The molecule has 0 fully saturated rings. The summed E-state index contributed by atoms with van der Waals surface area (Å²) >= 11 is 1.54. The van der Waals surface area contributed by atoms with Crippen LogP contribution in [0.3, 0.4) is 0 Å². The predicted octanol–water partition coefficient (Wildman–Crippen LogP) is 2.00. The number of thioether (sulfide) groups is 1. The van der Waals surface area contributed by atoms with Gasteiger partial charge in [0.25, 0.3) is 5.91 Å². The Balaban J connectivity index is 2.50. The normalized spacial score (nSPS) is 11.8. The Morgan fingerprint density at radius 2 is 2.10 bits per heavy atom. The molecular weight excluding hydrogens is 290 g/mol. The molecule has 0 heterocycles. The number of amides is 1. The number of carbonyl (C=O) groups excluding carboxylic acids is 1. The lowest BCUT2D eigenvalue weighted by Gasteiger charge is -2.15.